The molecule has 0 atom stereocenters. The Labute approximate surface area is 134 Å². The zero-order chi connectivity index (χ0) is 15.9. The number of carboxylic acids is 1. The summed E-state index contributed by atoms with van der Waals surface area (Å²) in [5.74, 6) is -1.05. The van der Waals surface area contributed by atoms with Crippen LogP contribution in [0, 0.1) is 0 Å². The standard InChI is InChI=1S/C16H13BrN2O3/c1-18-9-12(16(21)22)11-7-13(17)19(14(11)15(18)20)8-10-5-3-2-4-6-10/h2-7,9H,8H2,1H3,(H,21,22). The molecule has 5 nitrogen and oxygen atoms in total. The fraction of sp³-hybridized carbons (Fsp3) is 0.125. The highest BCUT2D eigenvalue weighted by Crippen LogP contribution is 2.25. The predicted octanol–water partition coefficient (Wildman–Crippen LogP) is 2.85. The molecule has 2 heterocycles. The van der Waals surface area contributed by atoms with E-state index < -0.39 is 5.97 Å². The number of benzene rings is 1. The highest BCUT2D eigenvalue weighted by atomic mass is 79.9. The van der Waals surface area contributed by atoms with Crippen LogP contribution in [0.2, 0.25) is 0 Å². The lowest BCUT2D eigenvalue weighted by atomic mass is 10.2. The molecule has 0 aliphatic carbocycles. The van der Waals surface area contributed by atoms with Gasteiger partial charge in [-0.3, -0.25) is 4.79 Å². The topological polar surface area (TPSA) is 64.2 Å². The number of aromatic carboxylic acids is 1. The average Bonchev–Trinajstić information content (AvgIpc) is 2.81. The van der Waals surface area contributed by atoms with Crippen molar-refractivity contribution in [3.8, 4) is 0 Å². The molecule has 0 amide bonds. The minimum Gasteiger partial charge on any atom is -0.478 e. The molecule has 3 aromatic rings. The van der Waals surface area contributed by atoms with Gasteiger partial charge in [0.05, 0.1) is 10.2 Å². The molecule has 0 radical (unpaired) electrons. The van der Waals surface area contributed by atoms with Gasteiger partial charge in [-0.2, -0.15) is 0 Å². The third-order valence-electron chi connectivity index (χ3n) is 3.60. The number of nitrogens with zero attached hydrogens (tertiary/aromatic N) is 2. The Hall–Kier alpha value is -2.34. The summed E-state index contributed by atoms with van der Waals surface area (Å²) >= 11 is 3.43. The Morgan fingerprint density at radius 3 is 2.59 bits per heavy atom. The van der Waals surface area contributed by atoms with Crippen LogP contribution in [0.5, 0.6) is 0 Å². The van der Waals surface area contributed by atoms with Crippen LogP contribution >= 0.6 is 15.9 Å². The second kappa shape index (κ2) is 5.46. The molecular formula is C16H13BrN2O3. The van der Waals surface area contributed by atoms with E-state index in [0.717, 1.165) is 5.56 Å². The van der Waals surface area contributed by atoms with Gasteiger partial charge >= 0.3 is 5.97 Å². The van der Waals surface area contributed by atoms with E-state index in [-0.39, 0.29) is 11.1 Å². The van der Waals surface area contributed by atoms with Crippen LogP contribution in [0.4, 0.5) is 0 Å². The largest absolute Gasteiger partial charge is 0.478 e. The Bertz CT molecular complexity index is 926. The second-order valence-electron chi connectivity index (χ2n) is 5.07. The van der Waals surface area contributed by atoms with E-state index in [1.54, 1.807) is 17.7 Å². The first kappa shape index (κ1) is 14.6. The molecule has 1 N–H and O–H groups in total. The summed E-state index contributed by atoms with van der Waals surface area (Å²) in [6.45, 7) is 0.489. The number of pyridine rings is 1. The van der Waals surface area contributed by atoms with Crippen LogP contribution in [0.3, 0.4) is 0 Å². The predicted molar refractivity (Wildman–Crippen MR) is 87.4 cm³/mol. The molecule has 0 unspecified atom stereocenters. The smallest absolute Gasteiger partial charge is 0.337 e. The Morgan fingerprint density at radius 1 is 1.27 bits per heavy atom. The molecule has 3 rings (SSSR count). The summed E-state index contributed by atoms with van der Waals surface area (Å²) in [5, 5.41) is 9.79. The molecule has 0 saturated heterocycles. The zero-order valence-electron chi connectivity index (χ0n) is 11.8. The van der Waals surface area contributed by atoms with E-state index in [4.69, 9.17) is 0 Å². The fourth-order valence-electron chi connectivity index (χ4n) is 2.53. The van der Waals surface area contributed by atoms with Crippen LogP contribution in [0.25, 0.3) is 10.9 Å². The summed E-state index contributed by atoms with van der Waals surface area (Å²) in [7, 11) is 1.56. The lowest BCUT2D eigenvalue weighted by molar-refractivity contribution is 0.0698. The number of hydrogen-bond acceptors (Lipinski definition) is 2. The molecule has 0 aliphatic heterocycles. The van der Waals surface area contributed by atoms with E-state index in [0.29, 0.717) is 22.1 Å². The van der Waals surface area contributed by atoms with Gasteiger partial charge < -0.3 is 14.2 Å². The van der Waals surface area contributed by atoms with Crippen molar-refractivity contribution < 1.29 is 9.90 Å². The van der Waals surface area contributed by atoms with Crippen molar-refractivity contribution in [3.05, 3.63) is 68.7 Å². The molecular weight excluding hydrogens is 348 g/mol. The van der Waals surface area contributed by atoms with Crippen molar-refractivity contribution in [2.24, 2.45) is 7.05 Å². The van der Waals surface area contributed by atoms with Crippen molar-refractivity contribution in [1.29, 1.82) is 0 Å². The molecule has 0 bridgehead atoms. The number of carboxylic acid groups (broad SMARTS) is 1. The average molecular weight is 361 g/mol. The van der Waals surface area contributed by atoms with Crippen molar-refractivity contribution >= 4 is 32.8 Å². The molecule has 0 fully saturated rings. The number of hydrogen-bond donors (Lipinski definition) is 1. The highest BCUT2D eigenvalue weighted by molar-refractivity contribution is 9.10. The molecule has 0 spiro atoms. The van der Waals surface area contributed by atoms with E-state index in [9.17, 15) is 14.7 Å². The van der Waals surface area contributed by atoms with Gasteiger partial charge in [-0.05, 0) is 27.6 Å². The van der Waals surface area contributed by atoms with Gasteiger partial charge in [0, 0.05) is 25.2 Å². The van der Waals surface area contributed by atoms with Crippen LogP contribution in [-0.4, -0.2) is 20.2 Å². The normalized spacial score (nSPS) is 11.0. The first-order valence-electron chi connectivity index (χ1n) is 6.64. The molecule has 22 heavy (non-hydrogen) atoms. The quantitative estimate of drug-likeness (QED) is 0.780. The first-order valence-corrected chi connectivity index (χ1v) is 7.44. The van der Waals surface area contributed by atoms with Gasteiger partial charge in [-0.1, -0.05) is 30.3 Å². The highest BCUT2D eigenvalue weighted by Gasteiger charge is 2.18. The third-order valence-corrected chi connectivity index (χ3v) is 4.25. The van der Waals surface area contributed by atoms with Crippen LogP contribution in [-0.2, 0) is 13.6 Å². The Balaban J connectivity index is 2.29. The van der Waals surface area contributed by atoms with Crippen molar-refractivity contribution in [3.63, 3.8) is 0 Å². The second-order valence-corrected chi connectivity index (χ2v) is 5.88. The van der Waals surface area contributed by atoms with Crippen LogP contribution < -0.4 is 5.56 Å². The zero-order valence-corrected chi connectivity index (χ0v) is 13.4. The fourth-order valence-corrected chi connectivity index (χ4v) is 3.07. The molecule has 6 heteroatoms. The first-order chi connectivity index (χ1) is 10.5. The van der Waals surface area contributed by atoms with Crippen molar-refractivity contribution in [1.82, 2.24) is 9.13 Å². The summed E-state index contributed by atoms with van der Waals surface area (Å²) in [5.41, 5.74) is 1.31. The summed E-state index contributed by atoms with van der Waals surface area (Å²) < 4.78 is 3.77. The third kappa shape index (κ3) is 2.35. The van der Waals surface area contributed by atoms with Gasteiger partial charge in [0.25, 0.3) is 5.56 Å². The summed E-state index contributed by atoms with van der Waals surface area (Å²) in [6, 6.07) is 11.4. The molecule has 2 aromatic heterocycles. The summed E-state index contributed by atoms with van der Waals surface area (Å²) in [4.78, 5) is 23.9. The Morgan fingerprint density at radius 2 is 1.95 bits per heavy atom. The maximum absolute atomic E-state index is 12.5. The number of fused-ring (bicyclic) bond motifs is 1. The summed E-state index contributed by atoms with van der Waals surface area (Å²) in [6.07, 6.45) is 1.35. The van der Waals surface area contributed by atoms with Crippen molar-refractivity contribution in [2.45, 2.75) is 6.54 Å². The van der Waals surface area contributed by atoms with Gasteiger partial charge in [0.2, 0.25) is 0 Å². The number of aromatic nitrogens is 2. The van der Waals surface area contributed by atoms with Gasteiger partial charge in [0.1, 0.15) is 5.52 Å². The van der Waals surface area contributed by atoms with Crippen LogP contribution in [0.15, 0.2) is 52.0 Å². The number of aryl methyl sites for hydroxylation is 1. The van der Waals surface area contributed by atoms with E-state index in [1.165, 1.54) is 10.8 Å². The number of rotatable bonds is 3. The molecule has 0 aliphatic rings. The maximum atomic E-state index is 12.5. The van der Waals surface area contributed by atoms with Gasteiger partial charge in [-0.15, -0.1) is 0 Å². The SMILES string of the molecule is Cn1cc(C(=O)O)c2cc(Br)n(Cc3ccccc3)c2c1=O. The number of halogens is 1. The van der Waals surface area contributed by atoms with E-state index >= 15 is 0 Å². The lowest BCUT2D eigenvalue weighted by Gasteiger charge is -2.09. The van der Waals surface area contributed by atoms with Crippen molar-refractivity contribution in [2.75, 3.05) is 0 Å². The molecule has 1 aromatic carbocycles. The number of carbonyl (C=O) groups is 1. The minimum absolute atomic E-state index is 0.115. The molecule has 112 valence electrons. The van der Waals surface area contributed by atoms with Crippen LogP contribution in [0.1, 0.15) is 15.9 Å². The van der Waals surface area contributed by atoms with E-state index in [1.807, 2.05) is 30.3 Å². The van der Waals surface area contributed by atoms with Gasteiger partial charge in [0.15, 0.2) is 0 Å². The lowest BCUT2D eigenvalue weighted by Crippen LogP contribution is -2.21. The Kier molecular flexibility index (Phi) is 3.62. The van der Waals surface area contributed by atoms with Gasteiger partial charge in [-0.25, -0.2) is 4.79 Å². The minimum atomic E-state index is -1.05. The maximum Gasteiger partial charge on any atom is 0.337 e. The monoisotopic (exact) mass is 360 g/mol. The van der Waals surface area contributed by atoms with E-state index in [2.05, 4.69) is 15.9 Å². The molecule has 0 saturated carbocycles.